The summed E-state index contributed by atoms with van der Waals surface area (Å²) in [6.45, 7) is 5.38. The SMILES string of the molecule is CCN(C)C(N)=[N+]1CCCCC1. The molecule has 2 N–H and O–H groups in total. The van der Waals surface area contributed by atoms with Gasteiger partial charge in [-0.3, -0.25) is 15.2 Å². The summed E-state index contributed by atoms with van der Waals surface area (Å²) in [5, 5.41) is 0. The zero-order valence-corrected chi connectivity index (χ0v) is 8.21. The molecule has 0 radical (unpaired) electrons. The van der Waals surface area contributed by atoms with Crippen LogP contribution >= 0.6 is 0 Å². The summed E-state index contributed by atoms with van der Waals surface area (Å²) in [7, 11) is 2.05. The number of guanidine groups is 1. The van der Waals surface area contributed by atoms with Gasteiger partial charge in [-0.15, -0.1) is 0 Å². The van der Waals surface area contributed by atoms with Crippen molar-refractivity contribution in [1.29, 1.82) is 0 Å². The van der Waals surface area contributed by atoms with Crippen molar-refractivity contribution in [3.8, 4) is 0 Å². The summed E-state index contributed by atoms with van der Waals surface area (Å²) < 4.78 is 2.28. The molecular formula is C9H20N3+. The van der Waals surface area contributed by atoms with E-state index in [1.165, 1.54) is 19.3 Å². The Hall–Kier alpha value is -0.730. The van der Waals surface area contributed by atoms with E-state index in [0.717, 1.165) is 25.6 Å². The van der Waals surface area contributed by atoms with Gasteiger partial charge in [-0.1, -0.05) is 0 Å². The molecule has 0 amide bonds. The molecule has 1 aliphatic heterocycles. The second-order valence-electron chi connectivity index (χ2n) is 3.42. The number of rotatable bonds is 1. The molecule has 70 valence electrons. The Bertz CT molecular complexity index is 167. The molecule has 3 nitrogen and oxygen atoms in total. The molecule has 0 aromatic heterocycles. The van der Waals surface area contributed by atoms with Crippen LogP contribution in [0.25, 0.3) is 0 Å². The molecule has 0 saturated carbocycles. The second kappa shape index (κ2) is 4.33. The van der Waals surface area contributed by atoms with Gasteiger partial charge in [-0.05, 0) is 26.2 Å². The fourth-order valence-electron chi connectivity index (χ4n) is 1.53. The number of hydrogen-bond donors (Lipinski definition) is 1. The van der Waals surface area contributed by atoms with Crippen LogP contribution in [0.5, 0.6) is 0 Å². The molecule has 0 spiro atoms. The molecule has 0 unspecified atom stereocenters. The van der Waals surface area contributed by atoms with Crippen LogP contribution in [-0.4, -0.2) is 42.1 Å². The lowest BCUT2D eigenvalue weighted by molar-refractivity contribution is -0.542. The lowest BCUT2D eigenvalue weighted by Gasteiger charge is -2.19. The molecule has 1 aliphatic rings. The normalized spacial score (nSPS) is 17.7. The third kappa shape index (κ3) is 2.13. The number of nitrogens with zero attached hydrogens (tertiary/aromatic N) is 2. The largest absolute Gasteiger partial charge is 0.345 e. The van der Waals surface area contributed by atoms with Gasteiger partial charge in [0.1, 0.15) is 0 Å². The van der Waals surface area contributed by atoms with Crippen LogP contribution in [0.15, 0.2) is 0 Å². The highest BCUT2D eigenvalue weighted by atomic mass is 15.3. The second-order valence-corrected chi connectivity index (χ2v) is 3.42. The fraction of sp³-hybridized carbons (Fsp3) is 0.889. The third-order valence-electron chi connectivity index (χ3n) is 2.55. The number of nitrogens with two attached hydrogens (primary N) is 1. The topological polar surface area (TPSA) is 32.3 Å². The van der Waals surface area contributed by atoms with E-state index >= 15 is 0 Å². The van der Waals surface area contributed by atoms with Crippen molar-refractivity contribution < 1.29 is 4.58 Å². The van der Waals surface area contributed by atoms with E-state index in [1.54, 1.807) is 0 Å². The van der Waals surface area contributed by atoms with Gasteiger partial charge in [0.05, 0.1) is 26.7 Å². The van der Waals surface area contributed by atoms with Crippen LogP contribution in [-0.2, 0) is 0 Å². The Morgan fingerprint density at radius 1 is 1.33 bits per heavy atom. The molecule has 0 aliphatic carbocycles. The monoisotopic (exact) mass is 170 g/mol. The van der Waals surface area contributed by atoms with Gasteiger partial charge in [0.15, 0.2) is 0 Å². The molecule has 1 fully saturated rings. The molecular weight excluding hydrogens is 150 g/mol. The Balaban J connectivity index is 2.59. The minimum Gasteiger partial charge on any atom is -0.291 e. The Morgan fingerprint density at radius 3 is 2.42 bits per heavy atom. The Kier molecular flexibility index (Phi) is 3.38. The van der Waals surface area contributed by atoms with Gasteiger partial charge in [0, 0.05) is 0 Å². The van der Waals surface area contributed by atoms with Crippen molar-refractivity contribution in [3.05, 3.63) is 0 Å². The molecule has 0 atom stereocenters. The molecule has 1 heterocycles. The van der Waals surface area contributed by atoms with Crippen LogP contribution in [0, 0.1) is 0 Å². The molecule has 12 heavy (non-hydrogen) atoms. The first-order valence-electron chi connectivity index (χ1n) is 4.84. The van der Waals surface area contributed by atoms with Crippen molar-refractivity contribution in [2.45, 2.75) is 26.2 Å². The lowest BCUT2D eigenvalue weighted by Crippen LogP contribution is -2.43. The van der Waals surface area contributed by atoms with Gasteiger partial charge >= 0.3 is 5.96 Å². The van der Waals surface area contributed by atoms with Crippen LogP contribution < -0.4 is 5.73 Å². The summed E-state index contributed by atoms with van der Waals surface area (Å²) in [4.78, 5) is 2.10. The van der Waals surface area contributed by atoms with Crippen LogP contribution in [0.4, 0.5) is 0 Å². The number of piperidine rings is 1. The van der Waals surface area contributed by atoms with E-state index in [2.05, 4.69) is 16.4 Å². The van der Waals surface area contributed by atoms with E-state index in [-0.39, 0.29) is 0 Å². The first-order chi connectivity index (χ1) is 5.75. The average Bonchev–Trinajstić information content (AvgIpc) is 2.17. The molecule has 1 saturated heterocycles. The van der Waals surface area contributed by atoms with Gasteiger partial charge in [0.2, 0.25) is 0 Å². The van der Waals surface area contributed by atoms with Gasteiger partial charge in [-0.2, -0.15) is 0 Å². The lowest BCUT2D eigenvalue weighted by atomic mass is 10.2. The van der Waals surface area contributed by atoms with Crippen molar-refractivity contribution >= 4 is 5.96 Å². The molecule has 0 aromatic carbocycles. The van der Waals surface area contributed by atoms with E-state index in [9.17, 15) is 0 Å². The third-order valence-corrected chi connectivity index (χ3v) is 2.55. The summed E-state index contributed by atoms with van der Waals surface area (Å²) in [5.41, 5.74) is 5.97. The highest BCUT2D eigenvalue weighted by Gasteiger charge is 2.14. The number of hydrogen-bond acceptors (Lipinski definition) is 0. The van der Waals surface area contributed by atoms with Crippen LogP contribution in [0.1, 0.15) is 26.2 Å². The van der Waals surface area contributed by atoms with Crippen LogP contribution in [0.2, 0.25) is 0 Å². The first-order valence-corrected chi connectivity index (χ1v) is 4.84. The maximum Gasteiger partial charge on any atom is 0.345 e. The summed E-state index contributed by atoms with van der Waals surface area (Å²) >= 11 is 0. The maximum atomic E-state index is 5.97. The average molecular weight is 170 g/mol. The summed E-state index contributed by atoms with van der Waals surface area (Å²) in [5.74, 6) is 0.942. The first kappa shape index (κ1) is 9.36. The quantitative estimate of drug-likeness (QED) is 0.458. The summed E-state index contributed by atoms with van der Waals surface area (Å²) in [6, 6.07) is 0. The smallest absolute Gasteiger partial charge is 0.291 e. The van der Waals surface area contributed by atoms with E-state index in [0.29, 0.717) is 0 Å². The van der Waals surface area contributed by atoms with Crippen molar-refractivity contribution in [1.82, 2.24) is 4.90 Å². The highest BCUT2D eigenvalue weighted by Crippen LogP contribution is 2.04. The van der Waals surface area contributed by atoms with Crippen LogP contribution in [0.3, 0.4) is 0 Å². The molecule has 3 heteroatoms. The van der Waals surface area contributed by atoms with Crippen molar-refractivity contribution in [3.63, 3.8) is 0 Å². The van der Waals surface area contributed by atoms with Gasteiger partial charge in [0.25, 0.3) is 0 Å². The van der Waals surface area contributed by atoms with E-state index < -0.39 is 0 Å². The van der Waals surface area contributed by atoms with Gasteiger partial charge < -0.3 is 0 Å². The minimum atomic E-state index is 0.942. The molecule has 0 aromatic rings. The predicted molar refractivity (Wildman–Crippen MR) is 51.3 cm³/mol. The minimum absolute atomic E-state index is 0.942. The van der Waals surface area contributed by atoms with Crippen molar-refractivity contribution in [2.24, 2.45) is 5.73 Å². The molecule has 1 rings (SSSR count). The fourth-order valence-corrected chi connectivity index (χ4v) is 1.53. The van der Waals surface area contributed by atoms with E-state index in [4.69, 9.17) is 5.73 Å². The van der Waals surface area contributed by atoms with Gasteiger partial charge in [-0.25, -0.2) is 0 Å². The summed E-state index contributed by atoms with van der Waals surface area (Å²) in [6.07, 6.45) is 3.94. The highest BCUT2D eigenvalue weighted by molar-refractivity contribution is 5.72. The standard InChI is InChI=1S/C9H19N3/c1-3-11(2)9(10)12-7-5-4-6-8-12/h10H,3-8H2,1-2H3/p+1. The maximum absolute atomic E-state index is 5.97. The Labute approximate surface area is 74.9 Å². The zero-order valence-electron chi connectivity index (χ0n) is 8.21. The van der Waals surface area contributed by atoms with Crippen molar-refractivity contribution in [2.75, 3.05) is 26.7 Å². The molecule has 0 bridgehead atoms. The predicted octanol–water partition coefficient (Wildman–Crippen LogP) is 0.449. The zero-order chi connectivity index (χ0) is 8.97. The Morgan fingerprint density at radius 2 is 1.92 bits per heavy atom. The van der Waals surface area contributed by atoms with E-state index in [1.807, 2.05) is 7.05 Å².